The molecule has 0 radical (unpaired) electrons. The van der Waals surface area contributed by atoms with Gasteiger partial charge in [0.1, 0.15) is 5.25 Å². The average Bonchev–Trinajstić information content (AvgIpc) is 3.22. The number of thioether (sulfide) groups is 1. The molecule has 3 aromatic rings. The molecule has 2 N–H and O–H groups in total. The molecule has 1 aliphatic carbocycles. The van der Waals surface area contributed by atoms with Crippen LogP contribution in [0.1, 0.15) is 44.6 Å². The number of aryl methyl sites for hydroxylation is 1. The van der Waals surface area contributed by atoms with Crippen molar-refractivity contribution >= 4 is 23.4 Å². The van der Waals surface area contributed by atoms with Crippen LogP contribution in [0.2, 0.25) is 0 Å². The van der Waals surface area contributed by atoms with Gasteiger partial charge in [-0.2, -0.15) is 0 Å². The third-order valence-electron chi connectivity index (χ3n) is 6.34. The van der Waals surface area contributed by atoms with Crippen molar-refractivity contribution in [3.63, 3.8) is 0 Å². The molecular weight excluding hydrogens is 406 g/mol. The summed E-state index contributed by atoms with van der Waals surface area (Å²) in [6, 6.07) is 18.2. The van der Waals surface area contributed by atoms with Crippen molar-refractivity contribution in [2.75, 3.05) is 10.7 Å². The van der Waals surface area contributed by atoms with E-state index in [1.54, 1.807) is 0 Å². The number of carbonyl (C=O) groups is 1. The lowest BCUT2D eigenvalue weighted by atomic mass is 9.79. The van der Waals surface area contributed by atoms with E-state index in [9.17, 15) is 4.79 Å². The van der Waals surface area contributed by atoms with Gasteiger partial charge in [0, 0.05) is 11.3 Å². The molecule has 2 heterocycles. The highest BCUT2D eigenvalue weighted by Crippen LogP contribution is 2.44. The first kappa shape index (κ1) is 20.1. The number of rotatable bonds is 4. The van der Waals surface area contributed by atoms with Gasteiger partial charge >= 0.3 is 0 Å². The van der Waals surface area contributed by atoms with Crippen LogP contribution < -0.4 is 10.7 Å². The first-order valence-electron chi connectivity index (χ1n) is 11.0. The van der Waals surface area contributed by atoms with Gasteiger partial charge in [-0.05, 0) is 37.0 Å². The standard InChI is InChI=1S/C24H27N5OS/c1-2-17-11-13-19(14-12-17)25-22(30)20-24(15-7-4-8-16-24)28-29-21(26-27-23(29)31-20)18-9-5-3-6-10-18/h3,5-6,9-14,20,28H,2,4,7-8,15-16H2,1H3,(H,25,30)/t20-/m1/s1. The van der Waals surface area contributed by atoms with Crippen molar-refractivity contribution in [1.82, 2.24) is 14.9 Å². The molecule has 1 atom stereocenters. The number of carbonyl (C=O) groups excluding carboxylic acids is 1. The SMILES string of the molecule is CCc1ccc(NC(=O)[C@H]2Sc3nnc(-c4ccccc4)n3NC23CCCCC3)cc1. The fraction of sp³-hybridized carbons (Fsp3) is 0.375. The van der Waals surface area contributed by atoms with Crippen LogP contribution in [0.15, 0.2) is 59.8 Å². The first-order valence-corrected chi connectivity index (χ1v) is 11.9. The molecule has 2 aromatic carbocycles. The van der Waals surface area contributed by atoms with Gasteiger partial charge in [0.05, 0.1) is 5.54 Å². The minimum atomic E-state index is -0.310. The zero-order valence-corrected chi connectivity index (χ0v) is 18.5. The Morgan fingerprint density at radius 1 is 1.10 bits per heavy atom. The lowest BCUT2D eigenvalue weighted by molar-refractivity contribution is -0.117. The topological polar surface area (TPSA) is 71.8 Å². The number of amides is 1. The zero-order valence-electron chi connectivity index (χ0n) is 17.7. The van der Waals surface area contributed by atoms with Gasteiger partial charge in [-0.15, -0.1) is 10.2 Å². The lowest BCUT2D eigenvalue weighted by Crippen LogP contribution is -2.59. The molecule has 1 saturated carbocycles. The smallest absolute Gasteiger partial charge is 0.240 e. The molecule has 2 aliphatic rings. The van der Waals surface area contributed by atoms with Gasteiger partial charge in [0.2, 0.25) is 11.1 Å². The Bertz CT molecular complexity index is 1060. The molecule has 1 amide bonds. The van der Waals surface area contributed by atoms with Gasteiger partial charge < -0.3 is 10.7 Å². The maximum absolute atomic E-state index is 13.5. The minimum Gasteiger partial charge on any atom is -0.325 e. The molecular formula is C24H27N5OS. The predicted octanol–water partition coefficient (Wildman–Crippen LogP) is 4.87. The molecule has 0 bridgehead atoms. The summed E-state index contributed by atoms with van der Waals surface area (Å²) in [6.07, 6.45) is 6.33. The Balaban J connectivity index is 1.46. The summed E-state index contributed by atoms with van der Waals surface area (Å²) < 4.78 is 1.99. The third-order valence-corrected chi connectivity index (χ3v) is 7.71. The van der Waals surface area contributed by atoms with Crippen LogP contribution in [0, 0.1) is 0 Å². The van der Waals surface area contributed by atoms with Crippen molar-refractivity contribution in [2.24, 2.45) is 0 Å². The van der Waals surface area contributed by atoms with Crippen molar-refractivity contribution in [2.45, 2.75) is 61.4 Å². The van der Waals surface area contributed by atoms with Gasteiger partial charge in [0.25, 0.3) is 0 Å². The maximum Gasteiger partial charge on any atom is 0.240 e. The number of nitrogens with one attached hydrogen (secondary N) is 2. The van der Waals surface area contributed by atoms with Crippen molar-refractivity contribution in [3.8, 4) is 11.4 Å². The van der Waals surface area contributed by atoms with Gasteiger partial charge in [-0.3, -0.25) is 4.79 Å². The molecule has 5 rings (SSSR count). The van der Waals surface area contributed by atoms with E-state index >= 15 is 0 Å². The number of nitrogens with zero attached hydrogens (tertiary/aromatic N) is 3. The Hall–Kier alpha value is -2.80. The summed E-state index contributed by atoms with van der Waals surface area (Å²) in [5, 5.41) is 12.5. The van der Waals surface area contributed by atoms with Crippen LogP contribution >= 0.6 is 11.8 Å². The highest BCUT2D eigenvalue weighted by atomic mass is 32.2. The summed E-state index contributed by atoms with van der Waals surface area (Å²) in [5.41, 5.74) is 6.51. The maximum atomic E-state index is 13.5. The lowest BCUT2D eigenvalue weighted by Gasteiger charge is -2.46. The summed E-state index contributed by atoms with van der Waals surface area (Å²) in [6.45, 7) is 2.13. The quantitative estimate of drug-likeness (QED) is 0.614. The van der Waals surface area contributed by atoms with Crippen LogP contribution in [0.5, 0.6) is 0 Å². The molecule has 160 valence electrons. The fourth-order valence-corrected chi connectivity index (χ4v) is 5.83. The Labute approximate surface area is 186 Å². The van der Waals surface area contributed by atoms with Crippen LogP contribution in [0.25, 0.3) is 11.4 Å². The summed E-state index contributed by atoms with van der Waals surface area (Å²) in [7, 11) is 0. The largest absolute Gasteiger partial charge is 0.325 e. The highest BCUT2D eigenvalue weighted by Gasteiger charge is 2.49. The second-order valence-corrected chi connectivity index (χ2v) is 9.45. The molecule has 0 saturated heterocycles. The number of fused-ring (bicyclic) bond motifs is 1. The third kappa shape index (κ3) is 3.82. The summed E-state index contributed by atoms with van der Waals surface area (Å²) >= 11 is 1.53. The normalized spacial score (nSPS) is 19.5. The van der Waals surface area contributed by atoms with Crippen molar-refractivity contribution < 1.29 is 4.79 Å². The van der Waals surface area contributed by atoms with E-state index in [4.69, 9.17) is 0 Å². The van der Waals surface area contributed by atoms with Crippen molar-refractivity contribution in [1.29, 1.82) is 0 Å². The van der Waals surface area contributed by atoms with Crippen molar-refractivity contribution in [3.05, 3.63) is 60.2 Å². The predicted molar refractivity (Wildman–Crippen MR) is 125 cm³/mol. The number of benzene rings is 2. The fourth-order valence-electron chi connectivity index (χ4n) is 4.61. The minimum absolute atomic E-state index is 0.0270. The second-order valence-electron chi connectivity index (χ2n) is 8.37. The summed E-state index contributed by atoms with van der Waals surface area (Å²) in [4.78, 5) is 13.5. The molecule has 7 heteroatoms. The number of anilines is 1. The van der Waals surface area contributed by atoms with E-state index in [1.165, 1.54) is 23.7 Å². The molecule has 0 unspecified atom stereocenters. The molecule has 1 spiro atoms. The van der Waals surface area contributed by atoms with Gasteiger partial charge in [-0.25, -0.2) is 4.68 Å². The summed E-state index contributed by atoms with van der Waals surface area (Å²) in [5.74, 6) is 0.821. The Morgan fingerprint density at radius 3 is 2.55 bits per heavy atom. The van der Waals surface area contributed by atoms with Crippen LogP contribution in [-0.2, 0) is 11.2 Å². The van der Waals surface area contributed by atoms with Crippen LogP contribution in [0.3, 0.4) is 0 Å². The van der Waals surface area contributed by atoms with Crippen LogP contribution in [-0.4, -0.2) is 31.6 Å². The monoisotopic (exact) mass is 433 g/mol. The van der Waals surface area contributed by atoms with E-state index < -0.39 is 0 Å². The van der Waals surface area contributed by atoms with E-state index in [-0.39, 0.29) is 16.7 Å². The molecule has 1 fully saturated rings. The van der Waals surface area contributed by atoms with E-state index in [2.05, 4.69) is 40.0 Å². The zero-order chi connectivity index (χ0) is 21.3. The molecule has 1 aliphatic heterocycles. The van der Waals surface area contributed by atoms with Gasteiger partial charge in [-0.1, -0.05) is 80.4 Å². The Kier molecular flexibility index (Phi) is 5.44. The molecule has 31 heavy (non-hydrogen) atoms. The number of hydrogen-bond acceptors (Lipinski definition) is 5. The Morgan fingerprint density at radius 2 is 1.84 bits per heavy atom. The average molecular weight is 434 g/mol. The first-order chi connectivity index (χ1) is 15.2. The molecule has 1 aromatic heterocycles. The highest BCUT2D eigenvalue weighted by molar-refractivity contribution is 8.00. The van der Waals surface area contributed by atoms with E-state index in [0.717, 1.165) is 54.3 Å². The van der Waals surface area contributed by atoms with Crippen LogP contribution in [0.4, 0.5) is 5.69 Å². The molecule has 6 nitrogen and oxygen atoms in total. The van der Waals surface area contributed by atoms with Gasteiger partial charge in [0.15, 0.2) is 5.82 Å². The number of aromatic nitrogens is 3. The van der Waals surface area contributed by atoms with E-state index in [0.29, 0.717) is 0 Å². The van der Waals surface area contributed by atoms with E-state index in [1.807, 2.05) is 47.1 Å². The second kappa shape index (κ2) is 8.38. The number of hydrogen-bond donors (Lipinski definition) is 2.